The number of benzene rings is 1. The summed E-state index contributed by atoms with van der Waals surface area (Å²) >= 11 is 8.59. The van der Waals surface area contributed by atoms with Crippen molar-refractivity contribution in [3.63, 3.8) is 0 Å². The monoisotopic (exact) mass is 348 g/mol. The molecule has 4 nitrogen and oxygen atoms in total. The van der Waals surface area contributed by atoms with E-state index in [0.717, 1.165) is 21.6 Å². The summed E-state index contributed by atoms with van der Waals surface area (Å²) in [6.07, 6.45) is 1.73. The van der Waals surface area contributed by atoms with Gasteiger partial charge in [-0.25, -0.2) is 0 Å². The number of hydrazone groups is 1. The summed E-state index contributed by atoms with van der Waals surface area (Å²) in [6, 6.07) is 13.4. The second-order valence-electron chi connectivity index (χ2n) is 3.99. The summed E-state index contributed by atoms with van der Waals surface area (Å²) < 4.78 is 0.985. The van der Waals surface area contributed by atoms with Gasteiger partial charge in [-0.3, -0.25) is 10.4 Å². The minimum absolute atomic E-state index is 0.429. The van der Waals surface area contributed by atoms with E-state index in [2.05, 4.69) is 36.8 Å². The molecule has 0 unspecified atom stereocenters. The maximum absolute atomic E-state index is 5.18. The van der Waals surface area contributed by atoms with Crippen LogP contribution in [-0.4, -0.2) is 15.8 Å². The molecule has 0 fully saturated rings. The number of anilines is 1. The van der Waals surface area contributed by atoms with Gasteiger partial charge in [-0.1, -0.05) is 28.1 Å². The molecule has 102 valence electrons. The van der Waals surface area contributed by atoms with Gasteiger partial charge in [0.25, 0.3) is 0 Å². The van der Waals surface area contributed by atoms with E-state index >= 15 is 0 Å². The lowest BCUT2D eigenvalue weighted by Crippen LogP contribution is -2.25. The van der Waals surface area contributed by atoms with Crippen LogP contribution in [0, 0.1) is 0 Å². The first kappa shape index (κ1) is 14.6. The van der Waals surface area contributed by atoms with Crippen LogP contribution >= 0.6 is 28.1 Å². The smallest absolute Gasteiger partial charge is 0.191 e. The Morgan fingerprint density at radius 3 is 2.80 bits per heavy atom. The highest BCUT2D eigenvalue weighted by molar-refractivity contribution is 9.10. The Balaban J connectivity index is 1.95. The zero-order valence-corrected chi connectivity index (χ0v) is 13.2. The van der Waals surface area contributed by atoms with E-state index in [1.807, 2.05) is 49.4 Å². The number of nitrogens with one attached hydrogen (secondary N) is 2. The van der Waals surface area contributed by atoms with Crippen molar-refractivity contribution in [1.82, 2.24) is 10.4 Å². The third kappa shape index (κ3) is 4.40. The van der Waals surface area contributed by atoms with Crippen LogP contribution in [0.25, 0.3) is 0 Å². The van der Waals surface area contributed by atoms with Gasteiger partial charge in [0.1, 0.15) is 0 Å². The number of halogens is 1. The highest BCUT2D eigenvalue weighted by Gasteiger charge is 1.99. The fraction of sp³-hybridized carbons (Fsp3) is 0.0714. The molecule has 0 spiro atoms. The molecule has 0 aliphatic rings. The maximum atomic E-state index is 5.18. The van der Waals surface area contributed by atoms with Gasteiger partial charge >= 0.3 is 0 Å². The van der Waals surface area contributed by atoms with Crippen molar-refractivity contribution in [2.45, 2.75) is 6.92 Å². The summed E-state index contributed by atoms with van der Waals surface area (Å²) in [7, 11) is 0. The van der Waals surface area contributed by atoms with E-state index in [1.165, 1.54) is 0 Å². The molecule has 0 bridgehead atoms. The first-order chi connectivity index (χ1) is 9.65. The van der Waals surface area contributed by atoms with E-state index in [4.69, 9.17) is 12.2 Å². The van der Waals surface area contributed by atoms with Crippen molar-refractivity contribution in [2.24, 2.45) is 5.10 Å². The van der Waals surface area contributed by atoms with Gasteiger partial charge in [0.05, 0.1) is 11.4 Å². The molecule has 0 aliphatic heterocycles. The van der Waals surface area contributed by atoms with Crippen LogP contribution < -0.4 is 10.7 Å². The first-order valence-corrected chi connectivity index (χ1v) is 7.13. The molecule has 0 amide bonds. The van der Waals surface area contributed by atoms with Crippen LogP contribution in [-0.2, 0) is 0 Å². The van der Waals surface area contributed by atoms with Gasteiger partial charge in [-0.2, -0.15) is 5.10 Å². The quantitative estimate of drug-likeness (QED) is 0.505. The summed E-state index contributed by atoms with van der Waals surface area (Å²) in [4.78, 5) is 4.21. The number of nitrogens with zero attached hydrogens (tertiary/aromatic N) is 2. The number of rotatable bonds is 3. The second kappa shape index (κ2) is 7.12. The Hall–Kier alpha value is -1.79. The van der Waals surface area contributed by atoms with Crippen LogP contribution in [0.2, 0.25) is 0 Å². The third-order valence-corrected chi connectivity index (χ3v) is 3.13. The number of hydrogen-bond acceptors (Lipinski definition) is 3. The van der Waals surface area contributed by atoms with Crippen LogP contribution in [0.1, 0.15) is 12.6 Å². The molecular formula is C14H13BrN4S. The zero-order valence-electron chi connectivity index (χ0n) is 10.8. The predicted molar refractivity (Wildman–Crippen MR) is 89.9 cm³/mol. The van der Waals surface area contributed by atoms with Crippen molar-refractivity contribution in [3.05, 3.63) is 58.8 Å². The fourth-order valence-electron chi connectivity index (χ4n) is 1.49. The SMILES string of the molecule is C/C(=N/NC(=S)Nc1cccc(Br)c1)c1ccccn1. The summed E-state index contributed by atoms with van der Waals surface area (Å²) in [5.74, 6) is 0. The molecule has 2 rings (SSSR count). The molecule has 0 atom stereocenters. The van der Waals surface area contributed by atoms with Crippen molar-refractivity contribution in [2.75, 3.05) is 5.32 Å². The van der Waals surface area contributed by atoms with E-state index in [0.29, 0.717) is 5.11 Å². The van der Waals surface area contributed by atoms with Crippen molar-refractivity contribution >= 4 is 44.7 Å². The summed E-state index contributed by atoms with van der Waals surface area (Å²) in [6.45, 7) is 1.87. The van der Waals surface area contributed by atoms with Crippen LogP contribution in [0.15, 0.2) is 58.2 Å². The van der Waals surface area contributed by atoms with E-state index in [9.17, 15) is 0 Å². The molecule has 20 heavy (non-hydrogen) atoms. The molecule has 6 heteroatoms. The number of hydrogen-bond donors (Lipinski definition) is 2. The molecule has 1 heterocycles. The van der Waals surface area contributed by atoms with Crippen molar-refractivity contribution < 1.29 is 0 Å². The normalized spacial score (nSPS) is 11.0. The number of pyridine rings is 1. The Morgan fingerprint density at radius 1 is 1.25 bits per heavy atom. The lowest BCUT2D eigenvalue weighted by Gasteiger charge is -2.08. The Morgan fingerprint density at radius 2 is 2.10 bits per heavy atom. The van der Waals surface area contributed by atoms with Gasteiger partial charge in [0.2, 0.25) is 0 Å². The topological polar surface area (TPSA) is 49.3 Å². The van der Waals surface area contributed by atoms with Crippen LogP contribution in [0.4, 0.5) is 5.69 Å². The predicted octanol–water partition coefficient (Wildman–Crippen LogP) is 3.55. The Labute approximate surface area is 131 Å². The van der Waals surface area contributed by atoms with Gasteiger partial charge in [-0.15, -0.1) is 0 Å². The number of thiocarbonyl (C=S) groups is 1. The second-order valence-corrected chi connectivity index (χ2v) is 5.31. The van der Waals surface area contributed by atoms with Gasteiger partial charge in [-0.05, 0) is 49.5 Å². The fourth-order valence-corrected chi connectivity index (χ4v) is 2.06. The van der Waals surface area contributed by atoms with Crippen LogP contribution in [0.3, 0.4) is 0 Å². The standard InChI is InChI=1S/C14H13BrN4S/c1-10(13-7-2-3-8-16-13)18-19-14(20)17-12-6-4-5-11(15)9-12/h2-9H,1H3,(H2,17,19,20)/b18-10-. The highest BCUT2D eigenvalue weighted by Crippen LogP contribution is 2.15. The minimum Gasteiger partial charge on any atom is -0.331 e. The molecule has 1 aromatic heterocycles. The van der Waals surface area contributed by atoms with Crippen molar-refractivity contribution in [3.8, 4) is 0 Å². The average Bonchev–Trinajstić information content (AvgIpc) is 2.46. The molecule has 2 aromatic rings. The molecular weight excluding hydrogens is 336 g/mol. The Bertz CT molecular complexity index is 628. The molecule has 0 saturated carbocycles. The molecule has 2 N–H and O–H groups in total. The molecule has 0 radical (unpaired) electrons. The lowest BCUT2D eigenvalue weighted by atomic mass is 10.3. The van der Waals surface area contributed by atoms with E-state index in [1.54, 1.807) is 6.20 Å². The average molecular weight is 349 g/mol. The van der Waals surface area contributed by atoms with Gasteiger partial charge in [0.15, 0.2) is 5.11 Å². The minimum atomic E-state index is 0.429. The third-order valence-electron chi connectivity index (χ3n) is 2.44. The van der Waals surface area contributed by atoms with Crippen molar-refractivity contribution in [1.29, 1.82) is 0 Å². The molecule has 1 aromatic carbocycles. The number of aromatic nitrogens is 1. The van der Waals surface area contributed by atoms with E-state index < -0.39 is 0 Å². The Kier molecular flexibility index (Phi) is 5.20. The van der Waals surface area contributed by atoms with E-state index in [-0.39, 0.29) is 0 Å². The van der Waals surface area contributed by atoms with Crippen LogP contribution in [0.5, 0.6) is 0 Å². The maximum Gasteiger partial charge on any atom is 0.191 e. The molecule has 0 aliphatic carbocycles. The van der Waals surface area contributed by atoms with Gasteiger partial charge < -0.3 is 5.32 Å². The summed E-state index contributed by atoms with van der Waals surface area (Å²) in [5, 5.41) is 7.68. The molecule has 0 saturated heterocycles. The largest absolute Gasteiger partial charge is 0.331 e. The first-order valence-electron chi connectivity index (χ1n) is 5.93. The lowest BCUT2D eigenvalue weighted by molar-refractivity contribution is 1.03. The summed E-state index contributed by atoms with van der Waals surface area (Å²) in [5.41, 5.74) is 5.27. The highest BCUT2D eigenvalue weighted by atomic mass is 79.9. The van der Waals surface area contributed by atoms with Gasteiger partial charge in [0, 0.05) is 16.4 Å². The zero-order chi connectivity index (χ0) is 14.4.